The number of amidine groups is 1. The summed E-state index contributed by atoms with van der Waals surface area (Å²) < 4.78 is 5.12. The van der Waals surface area contributed by atoms with Gasteiger partial charge in [0.2, 0.25) is 5.84 Å². The summed E-state index contributed by atoms with van der Waals surface area (Å²) in [5.41, 5.74) is -0.505. The van der Waals surface area contributed by atoms with Gasteiger partial charge in [-0.2, -0.15) is 0 Å². The Labute approximate surface area is 83.4 Å². The molecule has 0 amide bonds. The van der Waals surface area contributed by atoms with Gasteiger partial charge in [-0.15, -0.1) is 0 Å². The molecule has 1 aliphatic heterocycles. The number of carbonyl (C=O) groups excluding carboxylic acids is 1. The quantitative estimate of drug-likeness (QED) is 0.592. The Morgan fingerprint density at radius 3 is 2.86 bits per heavy atom. The number of allylic oxidation sites excluding steroid dienone is 1. The van der Waals surface area contributed by atoms with Crippen molar-refractivity contribution in [1.29, 1.82) is 0 Å². The Morgan fingerprint density at radius 1 is 1.50 bits per heavy atom. The van der Waals surface area contributed by atoms with Crippen molar-refractivity contribution < 1.29 is 9.53 Å². The van der Waals surface area contributed by atoms with Gasteiger partial charge >= 0.3 is 5.97 Å². The van der Waals surface area contributed by atoms with E-state index >= 15 is 0 Å². The Hall–Kier alpha value is -1.45. The van der Waals surface area contributed by atoms with Gasteiger partial charge < -0.3 is 4.74 Å². The second-order valence-corrected chi connectivity index (χ2v) is 3.87. The first-order valence-electron chi connectivity index (χ1n) is 4.46. The van der Waals surface area contributed by atoms with E-state index in [2.05, 4.69) is 9.98 Å². The van der Waals surface area contributed by atoms with Crippen molar-refractivity contribution in [2.24, 2.45) is 9.98 Å². The zero-order chi connectivity index (χ0) is 10.6. The third-order valence-electron chi connectivity index (χ3n) is 1.35. The standard InChI is InChI=1S/C10H14N2O2/c1-10(2,3)14-9(13)8-11-6-4-5-7-12-8/h4-6H,7H2,1-3H3. The number of hydrogen-bond acceptors (Lipinski definition) is 4. The summed E-state index contributed by atoms with van der Waals surface area (Å²) in [5.74, 6) is -0.345. The second kappa shape index (κ2) is 4.17. The van der Waals surface area contributed by atoms with Crippen LogP contribution >= 0.6 is 0 Å². The largest absolute Gasteiger partial charge is 0.454 e. The molecule has 4 heteroatoms. The van der Waals surface area contributed by atoms with Gasteiger partial charge in [0, 0.05) is 6.21 Å². The van der Waals surface area contributed by atoms with Crippen molar-refractivity contribution in [2.75, 3.05) is 6.54 Å². The van der Waals surface area contributed by atoms with Crippen LogP contribution in [0.4, 0.5) is 0 Å². The van der Waals surface area contributed by atoms with Gasteiger partial charge in [0.15, 0.2) is 0 Å². The van der Waals surface area contributed by atoms with E-state index in [1.807, 2.05) is 26.8 Å². The monoisotopic (exact) mass is 194 g/mol. The molecule has 0 radical (unpaired) electrons. The molecule has 76 valence electrons. The lowest BCUT2D eigenvalue weighted by Crippen LogP contribution is -2.28. The van der Waals surface area contributed by atoms with Crippen LogP contribution in [0, 0.1) is 0 Å². The van der Waals surface area contributed by atoms with Crippen molar-refractivity contribution in [1.82, 2.24) is 0 Å². The normalized spacial score (nSPS) is 16.1. The predicted molar refractivity (Wildman–Crippen MR) is 55.8 cm³/mol. The fourth-order valence-corrected chi connectivity index (χ4v) is 0.856. The van der Waals surface area contributed by atoms with Gasteiger partial charge in [0.25, 0.3) is 0 Å². The predicted octanol–water partition coefficient (Wildman–Crippen LogP) is 1.37. The molecule has 4 nitrogen and oxygen atoms in total. The van der Waals surface area contributed by atoms with Crippen molar-refractivity contribution >= 4 is 18.0 Å². The molecule has 0 bridgehead atoms. The number of nitrogens with zero attached hydrogens (tertiary/aromatic N) is 2. The molecule has 0 atom stereocenters. The molecule has 0 saturated heterocycles. The topological polar surface area (TPSA) is 51.0 Å². The van der Waals surface area contributed by atoms with E-state index < -0.39 is 11.6 Å². The summed E-state index contributed by atoms with van der Waals surface area (Å²) in [5, 5.41) is 0. The number of ether oxygens (including phenoxy) is 1. The molecule has 14 heavy (non-hydrogen) atoms. The van der Waals surface area contributed by atoms with Crippen LogP contribution in [0.15, 0.2) is 22.1 Å². The van der Waals surface area contributed by atoms with E-state index in [9.17, 15) is 4.79 Å². The minimum Gasteiger partial charge on any atom is -0.454 e. The highest BCUT2D eigenvalue weighted by molar-refractivity contribution is 6.37. The van der Waals surface area contributed by atoms with Gasteiger partial charge in [-0.3, -0.25) is 4.99 Å². The first-order valence-corrected chi connectivity index (χ1v) is 4.46. The molecule has 1 heterocycles. The molecule has 1 rings (SSSR count). The Balaban J connectivity index is 2.66. The number of aliphatic imine (C=N–C) groups is 2. The molecule has 0 N–H and O–H groups in total. The van der Waals surface area contributed by atoms with Crippen LogP contribution in [-0.4, -0.2) is 30.2 Å². The highest BCUT2D eigenvalue weighted by Crippen LogP contribution is 2.08. The maximum atomic E-state index is 11.5. The maximum absolute atomic E-state index is 11.5. The van der Waals surface area contributed by atoms with Crippen molar-refractivity contribution in [3.8, 4) is 0 Å². The minimum atomic E-state index is -0.505. The van der Waals surface area contributed by atoms with Crippen molar-refractivity contribution in [3.05, 3.63) is 12.2 Å². The van der Waals surface area contributed by atoms with Crippen molar-refractivity contribution in [2.45, 2.75) is 26.4 Å². The summed E-state index contributed by atoms with van der Waals surface area (Å²) >= 11 is 0. The molecule has 0 unspecified atom stereocenters. The highest BCUT2D eigenvalue weighted by atomic mass is 16.6. The lowest BCUT2D eigenvalue weighted by atomic mass is 10.2. The Kier molecular flexibility index (Phi) is 3.17. The Morgan fingerprint density at radius 2 is 2.21 bits per heavy atom. The van der Waals surface area contributed by atoms with E-state index in [0.717, 1.165) is 0 Å². The van der Waals surface area contributed by atoms with Crippen LogP contribution in [0.3, 0.4) is 0 Å². The number of esters is 1. The van der Waals surface area contributed by atoms with Crippen LogP contribution in [0.1, 0.15) is 20.8 Å². The van der Waals surface area contributed by atoms with E-state index in [1.165, 1.54) is 6.21 Å². The third-order valence-corrected chi connectivity index (χ3v) is 1.35. The lowest BCUT2D eigenvalue weighted by molar-refractivity contribution is -0.146. The number of carbonyl (C=O) groups is 1. The summed E-state index contributed by atoms with van der Waals surface area (Å²) in [6, 6.07) is 0. The van der Waals surface area contributed by atoms with Gasteiger partial charge in [0.1, 0.15) is 5.60 Å². The lowest BCUT2D eigenvalue weighted by Gasteiger charge is -2.18. The fourth-order valence-electron chi connectivity index (χ4n) is 0.856. The van der Waals surface area contributed by atoms with Crippen LogP contribution in [0.2, 0.25) is 0 Å². The van der Waals surface area contributed by atoms with Crippen LogP contribution in [0.5, 0.6) is 0 Å². The molecule has 0 spiro atoms. The zero-order valence-corrected chi connectivity index (χ0v) is 8.65. The molecule has 0 saturated carbocycles. The maximum Gasteiger partial charge on any atom is 0.376 e. The summed E-state index contributed by atoms with van der Waals surface area (Å²) in [6.07, 6.45) is 5.11. The van der Waals surface area contributed by atoms with E-state index in [1.54, 1.807) is 6.08 Å². The summed E-state index contributed by atoms with van der Waals surface area (Å²) in [7, 11) is 0. The summed E-state index contributed by atoms with van der Waals surface area (Å²) in [4.78, 5) is 19.3. The summed E-state index contributed by atoms with van der Waals surface area (Å²) in [6.45, 7) is 5.90. The average Bonchev–Trinajstić information content (AvgIpc) is 2.27. The molecule has 0 aromatic heterocycles. The molecule has 1 aliphatic rings. The van der Waals surface area contributed by atoms with E-state index in [-0.39, 0.29) is 5.84 Å². The molecular formula is C10H14N2O2. The fraction of sp³-hybridized carbons (Fsp3) is 0.500. The second-order valence-electron chi connectivity index (χ2n) is 3.87. The van der Waals surface area contributed by atoms with Gasteiger partial charge in [-0.25, -0.2) is 9.79 Å². The minimum absolute atomic E-state index is 0.130. The van der Waals surface area contributed by atoms with Crippen LogP contribution < -0.4 is 0 Å². The molecule has 0 fully saturated rings. The molecular weight excluding hydrogens is 180 g/mol. The first kappa shape index (κ1) is 10.6. The van der Waals surface area contributed by atoms with Crippen LogP contribution in [-0.2, 0) is 9.53 Å². The third kappa shape index (κ3) is 3.51. The first-order chi connectivity index (χ1) is 6.49. The smallest absolute Gasteiger partial charge is 0.376 e. The number of rotatable bonds is 1. The zero-order valence-electron chi connectivity index (χ0n) is 8.65. The molecule has 0 aliphatic carbocycles. The van der Waals surface area contributed by atoms with Gasteiger partial charge in [-0.05, 0) is 26.8 Å². The highest BCUT2D eigenvalue weighted by Gasteiger charge is 2.20. The SMILES string of the molecule is CC(C)(C)OC(=O)C1=NCC=CC=N1. The number of hydrogen-bond donors (Lipinski definition) is 0. The van der Waals surface area contributed by atoms with E-state index in [4.69, 9.17) is 4.74 Å². The van der Waals surface area contributed by atoms with Crippen LogP contribution in [0.25, 0.3) is 0 Å². The average molecular weight is 194 g/mol. The van der Waals surface area contributed by atoms with Gasteiger partial charge in [-0.1, -0.05) is 6.08 Å². The Bertz CT molecular complexity index is 309. The van der Waals surface area contributed by atoms with E-state index in [0.29, 0.717) is 6.54 Å². The van der Waals surface area contributed by atoms with Crippen molar-refractivity contribution in [3.63, 3.8) is 0 Å². The molecule has 0 aromatic carbocycles. The van der Waals surface area contributed by atoms with Gasteiger partial charge in [0.05, 0.1) is 6.54 Å². The molecule has 0 aromatic rings.